The number of nitrogens with zero attached hydrogens (tertiary/aromatic N) is 2. The summed E-state index contributed by atoms with van der Waals surface area (Å²) in [5.41, 5.74) is 4.67. The lowest BCUT2D eigenvalue weighted by Crippen LogP contribution is -2.17. The van der Waals surface area contributed by atoms with Gasteiger partial charge < -0.3 is 15.0 Å². The molecule has 2 N–H and O–H groups in total. The number of benzene rings is 1. The maximum absolute atomic E-state index is 12.9. The Bertz CT molecular complexity index is 583. The maximum Gasteiger partial charge on any atom is 0.417 e. The molecular formula is C12H12F3N3O2. The van der Waals surface area contributed by atoms with Gasteiger partial charge in [-0.05, 0) is 12.1 Å². The number of rotatable bonds is 4. The summed E-state index contributed by atoms with van der Waals surface area (Å²) in [6, 6.07) is 4.32. The maximum atomic E-state index is 12.9. The van der Waals surface area contributed by atoms with Crippen molar-refractivity contribution < 1.29 is 22.4 Å². The highest BCUT2D eigenvalue weighted by Gasteiger charge is 2.34. The van der Waals surface area contributed by atoms with Crippen molar-refractivity contribution in [1.82, 2.24) is 10.1 Å². The third-order valence-electron chi connectivity index (χ3n) is 2.58. The number of alkyl halides is 3. The van der Waals surface area contributed by atoms with Crippen LogP contribution in [0.4, 0.5) is 13.2 Å². The summed E-state index contributed by atoms with van der Waals surface area (Å²) in [5, 5.41) is 3.58. The first-order chi connectivity index (χ1) is 9.43. The summed E-state index contributed by atoms with van der Waals surface area (Å²) in [7, 11) is 1.44. The average Bonchev–Trinajstić information content (AvgIpc) is 2.87. The van der Waals surface area contributed by atoms with Crippen molar-refractivity contribution in [2.24, 2.45) is 5.73 Å². The molecule has 0 saturated carbocycles. The molecule has 0 radical (unpaired) electrons. The fourth-order valence-corrected chi connectivity index (χ4v) is 1.67. The molecule has 1 aromatic heterocycles. The number of methoxy groups -OCH3 is 1. The van der Waals surface area contributed by atoms with Crippen molar-refractivity contribution >= 4 is 0 Å². The standard InChI is InChI=1S/C12H12F3N3O2/c1-19-6-9(16)10-17-11(20-18-10)7-4-2-3-5-8(7)12(13,14)15/h2-5,9H,6,16H2,1H3. The molecule has 20 heavy (non-hydrogen) atoms. The second-order valence-corrected chi connectivity index (χ2v) is 4.06. The minimum absolute atomic E-state index is 0.0961. The molecule has 0 amide bonds. The van der Waals surface area contributed by atoms with E-state index >= 15 is 0 Å². The van der Waals surface area contributed by atoms with Crippen molar-refractivity contribution in [2.75, 3.05) is 13.7 Å². The van der Waals surface area contributed by atoms with Crippen molar-refractivity contribution in [2.45, 2.75) is 12.2 Å². The van der Waals surface area contributed by atoms with Crippen LogP contribution < -0.4 is 5.73 Å². The van der Waals surface area contributed by atoms with E-state index < -0.39 is 17.8 Å². The Hall–Kier alpha value is -1.93. The van der Waals surface area contributed by atoms with E-state index in [4.69, 9.17) is 15.0 Å². The lowest BCUT2D eigenvalue weighted by molar-refractivity contribution is -0.137. The monoisotopic (exact) mass is 287 g/mol. The smallest absolute Gasteiger partial charge is 0.383 e. The Morgan fingerprint density at radius 1 is 1.35 bits per heavy atom. The second kappa shape index (κ2) is 5.59. The van der Waals surface area contributed by atoms with Crippen molar-refractivity contribution in [3.05, 3.63) is 35.7 Å². The molecular weight excluding hydrogens is 275 g/mol. The molecule has 5 nitrogen and oxygen atoms in total. The van der Waals surface area contributed by atoms with Crippen LogP contribution in [-0.2, 0) is 10.9 Å². The summed E-state index contributed by atoms with van der Waals surface area (Å²) >= 11 is 0. The molecule has 1 unspecified atom stereocenters. The quantitative estimate of drug-likeness (QED) is 0.934. The van der Waals surface area contributed by atoms with E-state index in [-0.39, 0.29) is 23.9 Å². The van der Waals surface area contributed by atoms with Crippen LogP contribution in [0.1, 0.15) is 17.4 Å². The Balaban J connectivity index is 2.38. The van der Waals surface area contributed by atoms with Crippen molar-refractivity contribution in [1.29, 1.82) is 0 Å². The number of nitrogens with two attached hydrogens (primary N) is 1. The predicted molar refractivity (Wildman–Crippen MR) is 63.5 cm³/mol. The predicted octanol–water partition coefficient (Wildman–Crippen LogP) is 2.40. The molecule has 1 atom stereocenters. The van der Waals surface area contributed by atoms with Gasteiger partial charge in [0, 0.05) is 7.11 Å². The van der Waals surface area contributed by atoms with Gasteiger partial charge in [0.25, 0.3) is 5.89 Å². The Labute approximate surface area is 112 Å². The van der Waals surface area contributed by atoms with E-state index in [0.29, 0.717) is 0 Å². The van der Waals surface area contributed by atoms with Gasteiger partial charge in [0.1, 0.15) is 0 Å². The van der Waals surface area contributed by atoms with Crippen LogP contribution in [0.15, 0.2) is 28.8 Å². The van der Waals surface area contributed by atoms with Crippen LogP contribution in [0, 0.1) is 0 Å². The van der Waals surface area contributed by atoms with Gasteiger partial charge in [-0.15, -0.1) is 0 Å². The first-order valence-electron chi connectivity index (χ1n) is 5.68. The molecule has 2 aromatic rings. The third-order valence-corrected chi connectivity index (χ3v) is 2.58. The van der Waals surface area contributed by atoms with Crippen LogP contribution in [0.2, 0.25) is 0 Å². The molecule has 0 aliphatic heterocycles. The van der Waals surface area contributed by atoms with Crippen molar-refractivity contribution in [3.8, 4) is 11.5 Å². The summed E-state index contributed by atoms with van der Waals surface area (Å²) < 4.78 is 48.3. The Morgan fingerprint density at radius 3 is 2.70 bits per heavy atom. The van der Waals surface area contributed by atoms with Gasteiger partial charge in [-0.3, -0.25) is 0 Å². The fourth-order valence-electron chi connectivity index (χ4n) is 1.67. The molecule has 0 fully saturated rings. The van der Waals surface area contributed by atoms with E-state index in [9.17, 15) is 13.2 Å². The Kier molecular flexibility index (Phi) is 4.05. The van der Waals surface area contributed by atoms with Gasteiger partial charge in [-0.25, -0.2) is 0 Å². The zero-order valence-corrected chi connectivity index (χ0v) is 10.5. The molecule has 1 heterocycles. The molecule has 0 spiro atoms. The summed E-state index contributed by atoms with van der Waals surface area (Å²) in [5.74, 6) is -0.127. The third kappa shape index (κ3) is 2.97. The van der Waals surface area contributed by atoms with E-state index in [1.807, 2.05) is 0 Å². The SMILES string of the molecule is COCC(N)c1noc(-c2ccccc2C(F)(F)F)n1. The van der Waals surface area contributed by atoms with E-state index in [2.05, 4.69) is 10.1 Å². The molecule has 8 heteroatoms. The number of hydrogen-bond acceptors (Lipinski definition) is 5. The highest BCUT2D eigenvalue weighted by atomic mass is 19.4. The number of hydrogen-bond donors (Lipinski definition) is 1. The van der Waals surface area contributed by atoms with Gasteiger partial charge in [0.15, 0.2) is 5.82 Å². The molecule has 0 bridgehead atoms. The first-order valence-corrected chi connectivity index (χ1v) is 5.68. The number of ether oxygens (including phenoxy) is 1. The largest absolute Gasteiger partial charge is 0.417 e. The van der Waals surface area contributed by atoms with Gasteiger partial charge in [0.05, 0.1) is 23.8 Å². The lowest BCUT2D eigenvalue weighted by atomic mass is 10.1. The van der Waals surface area contributed by atoms with Crippen LogP contribution in [0.25, 0.3) is 11.5 Å². The lowest BCUT2D eigenvalue weighted by Gasteiger charge is -2.09. The average molecular weight is 287 g/mol. The second-order valence-electron chi connectivity index (χ2n) is 4.06. The highest BCUT2D eigenvalue weighted by Crippen LogP contribution is 2.36. The Morgan fingerprint density at radius 2 is 2.05 bits per heavy atom. The first kappa shape index (κ1) is 14.5. The van der Waals surface area contributed by atoms with Gasteiger partial charge in [-0.2, -0.15) is 18.2 Å². The van der Waals surface area contributed by atoms with Gasteiger partial charge in [-0.1, -0.05) is 17.3 Å². The summed E-state index contributed by atoms with van der Waals surface area (Å²) in [6.45, 7) is 0.139. The zero-order valence-electron chi connectivity index (χ0n) is 10.5. The molecule has 0 saturated heterocycles. The highest BCUT2D eigenvalue weighted by molar-refractivity contribution is 5.59. The number of aromatic nitrogens is 2. The molecule has 2 rings (SSSR count). The summed E-state index contributed by atoms with van der Waals surface area (Å²) in [6.07, 6.45) is -4.50. The fraction of sp³-hybridized carbons (Fsp3) is 0.333. The summed E-state index contributed by atoms with van der Waals surface area (Å²) in [4.78, 5) is 3.89. The normalized spacial score (nSPS) is 13.4. The van der Waals surface area contributed by atoms with Crippen LogP contribution >= 0.6 is 0 Å². The van der Waals surface area contributed by atoms with E-state index in [0.717, 1.165) is 6.07 Å². The molecule has 0 aliphatic rings. The van der Waals surface area contributed by atoms with Gasteiger partial charge >= 0.3 is 6.18 Å². The van der Waals surface area contributed by atoms with Crippen LogP contribution in [0.3, 0.4) is 0 Å². The molecule has 1 aromatic carbocycles. The van der Waals surface area contributed by atoms with Crippen LogP contribution in [-0.4, -0.2) is 23.9 Å². The zero-order chi connectivity index (χ0) is 14.8. The van der Waals surface area contributed by atoms with E-state index in [1.165, 1.54) is 25.3 Å². The van der Waals surface area contributed by atoms with E-state index in [1.54, 1.807) is 0 Å². The molecule has 0 aliphatic carbocycles. The van der Waals surface area contributed by atoms with Gasteiger partial charge in [0.2, 0.25) is 0 Å². The minimum Gasteiger partial charge on any atom is -0.383 e. The topological polar surface area (TPSA) is 74.2 Å². The van der Waals surface area contributed by atoms with Crippen molar-refractivity contribution in [3.63, 3.8) is 0 Å². The minimum atomic E-state index is -4.50. The molecule has 108 valence electrons. The number of halogens is 3. The van der Waals surface area contributed by atoms with Crippen LogP contribution in [0.5, 0.6) is 0 Å².